The van der Waals surface area contributed by atoms with Crippen LogP contribution in [0.1, 0.15) is 11.5 Å². The Morgan fingerprint density at radius 2 is 1.97 bits per heavy atom. The minimum absolute atomic E-state index is 0.122. The zero-order chi connectivity index (χ0) is 21.4. The molecule has 2 aromatic rings. The number of aryl methyl sites for hydroxylation is 1. The van der Waals surface area contributed by atoms with Gasteiger partial charge in [0.05, 0.1) is 35.0 Å². The van der Waals surface area contributed by atoms with Crippen molar-refractivity contribution in [1.29, 1.82) is 0 Å². The van der Waals surface area contributed by atoms with Crippen LogP contribution in [0.4, 0.5) is 5.69 Å². The van der Waals surface area contributed by atoms with Crippen LogP contribution in [0.2, 0.25) is 0 Å². The highest BCUT2D eigenvalue weighted by atomic mass is 32.2. The summed E-state index contributed by atoms with van der Waals surface area (Å²) in [5, 5.41) is 16.9. The lowest BCUT2D eigenvalue weighted by molar-refractivity contribution is 0.174. The van der Waals surface area contributed by atoms with E-state index < -0.39 is 32.0 Å². The Balaban J connectivity index is 1.94. The smallest absolute Gasteiger partial charge is 0.243 e. The number of nitrogens with one attached hydrogen (secondary N) is 2. The molecule has 2 heterocycles. The lowest BCUT2D eigenvalue weighted by Crippen LogP contribution is -2.33. The molecule has 12 heteroatoms. The lowest BCUT2D eigenvalue weighted by atomic mass is 10.2. The largest absolute Gasteiger partial charge is 0.390 e. The number of sulfonamides is 1. The van der Waals surface area contributed by atoms with E-state index in [-0.39, 0.29) is 22.0 Å². The van der Waals surface area contributed by atoms with Crippen LogP contribution >= 0.6 is 0 Å². The molecule has 0 aliphatic carbocycles. The highest BCUT2D eigenvalue weighted by molar-refractivity contribution is 7.91. The van der Waals surface area contributed by atoms with E-state index in [2.05, 4.69) is 15.2 Å². The monoisotopic (exact) mass is 444 g/mol. The molecular weight excluding hydrogens is 420 g/mol. The fourth-order valence-electron chi connectivity index (χ4n) is 3.14. The summed E-state index contributed by atoms with van der Waals surface area (Å²) in [6.45, 7) is 2.53. The maximum atomic E-state index is 13.0. The minimum Gasteiger partial charge on any atom is -0.390 e. The van der Waals surface area contributed by atoms with Gasteiger partial charge in [0.2, 0.25) is 10.0 Å². The van der Waals surface area contributed by atoms with Crippen molar-refractivity contribution in [2.45, 2.75) is 35.4 Å². The highest BCUT2D eigenvalue weighted by Crippen LogP contribution is 2.27. The van der Waals surface area contributed by atoms with Crippen LogP contribution in [0.3, 0.4) is 0 Å². The van der Waals surface area contributed by atoms with E-state index in [9.17, 15) is 21.9 Å². The summed E-state index contributed by atoms with van der Waals surface area (Å²) in [5.74, 6) is 0.327. The van der Waals surface area contributed by atoms with E-state index >= 15 is 0 Å². The van der Waals surface area contributed by atoms with Crippen molar-refractivity contribution < 1.29 is 26.5 Å². The average molecular weight is 445 g/mol. The number of benzene rings is 1. The van der Waals surface area contributed by atoms with E-state index in [1.165, 1.54) is 12.1 Å². The molecule has 3 rings (SSSR count). The number of nitrogens with zero attached hydrogens (tertiary/aromatic N) is 2. The number of likely N-dealkylation sites (tertiary alicyclic amines) is 1. The highest BCUT2D eigenvalue weighted by Gasteiger charge is 2.31. The first kappa shape index (κ1) is 21.7. The van der Waals surface area contributed by atoms with Gasteiger partial charge in [0.1, 0.15) is 4.90 Å². The number of aliphatic hydroxyl groups is 1. The molecule has 0 unspecified atom stereocenters. The van der Waals surface area contributed by atoms with Crippen molar-refractivity contribution in [3.63, 3.8) is 0 Å². The van der Waals surface area contributed by atoms with Crippen LogP contribution in [0.25, 0.3) is 0 Å². The minimum atomic E-state index is -4.10. The molecule has 1 aromatic carbocycles. The Labute approximate surface area is 169 Å². The van der Waals surface area contributed by atoms with Gasteiger partial charge < -0.3 is 19.8 Å². The average Bonchev–Trinajstić information content (AvgIpc) is 3.17. The molecule has 1 aromatic heterocycles. The first-order valence-corrected chi connectivity index (χ1v) is 12.2. The van der Waals surface area contributed by atoms with Crippen molar-refractivity contribution in [3.8, 4) is 0 Å². The molecule has 1 saturated heterocycles. The number of β-amino-alcohol motifs (C(OH)–C–C–N with tert-alkyl or cyclic N) is 1. The fraction of sp³-hybridized carbons (Fsp3) is 0.471. The van der Waals surface area contributed by atoms with Crippen molar-refractivity contribution in [2.24, 2.45) is 0 Å². The predicted molar refractivity (Wildman–Crippen MR) is 106 cm³/mol. The third kappa shape index (κ3) is 5.14. The topological polar surface area (TPSA) is 142 Å². The molecule has 2 atom stereocenters. The number of hydrogen-bond donors (Lipinski definition) is 3. The van der Waals surface area contributed by atoms with Crippen LogP contribution < -0.4 is 10.0 Å². The van der Waals surface area contributed by atoms with Gasteiger partial charge >= 0.3 is 0 Å². The van der Waals surface area contributed by atoms with Crippen LogP contribution in [0, 0.1) is 6.92 Å². The number of sulfone groups is 1. The van der Waals surface area contributed by atoms with Gasteiger partial charge in [0.15, 0.2) is 15.6 Å². The summed E-state index contributed by atoms with van der Waals surface area (Å²) in [5.41, 5.74) is 0.818. The third-order valence-corrected chi connectivity index (χ3v) is 7.15. The lowest BCUT2D eigenvalue weighted by Gasteiger charge is -2.20. The molecule has 160 valence electrons. The van der Waals surface area contributed by atoms with Gasteiger partial charge in [-0.1, -0.05) is 5.16 Å². The zero-order valence-electron chi connectivity index (χ0n) is 16.3. The first-order valence-electron chi connectivity index (χ1n) is 8.85. The summed E-state index contributed by atoms with van der Waals surface area (Å²) >= 11 is 0. The summed E-state index contributed by atoms with van der Waals surface area (Å²) in [6, 6.07) is 5.04. The number of aliphatic hydroxyl groups excluding tert-OH is 1. The molecule has 0 saturated carbocycles. The number of aromatic nitrogens is 1. The van der Waals surface area contributed by atoms with Crippen LogP contribution in [0.15, 0.2) is 38.6 Å². The summed E-state index contributed by atoms with van der Waals surface area (Å²) in [7, 11) is -5.87. The summed E-state index contributed by atoms with van der Waals surface area (Å²) in [6.07, 6.45) is 0.321. The molecule has 0 radical (unpaired) electrons. The molecule has 1 aliphatic rings. The molecule has 1 aliphatic heterocycles. The molecule has 0 amide bonds. The maximum Gasteiger partial charge on any atom is 0.243 e. The first-order chi connectivity index (χ1) is 13.5. The van der Waals surface area contributed by atoms with E-state index in [4.69, 9.17) is 4.52 Å². The van der Waals surface area contributed by atoms with Gasteiger partial charge in [0, 0.05) is 25.4 Å². The number of likely N-dealkylation sites (N-methyl/N-ethyl adjacent to an activating group) is 1. The van der Waals surface area contributed by atoms with Crippen molar-refractivity contribution in [1.82, 2.24) is 14.8 Å². The fourth-order valence-corrected chi connectivity index (χ4v) is 5.05. The Kier molecular flexibility index (Phi) is 6.01. The number of anilines is 1. The van der Waals surface area contributed by atoms with Gasteiger partial charge in [0.25, 0.3) is 0 Å². The standard InChI is InChI=1S/C17H24N4O6S2/c1-11-6-12(27-20-11)8-18-29(25,26)17-7-13(28(3,23)24)4-5-14(17)19-15-9-21(2)10-16(15)22/h4-7,15-16,18-19,22H,8-10H2,1-3H3/t15-,16-/m1/s1. The number of hydrogen-bond acceptors (Lipinski definition) is 9. The Bertz CT molecular complexity index is 1100. The van der Waals surface area contributed by atoms with E-state index in [1.54, 1.807) is 13.0 Å². The van der Waals surface area contributed by atoms with Crippen LogP contribution in [0.5, 0.6) is 0 Å². The van der Waals surface area contributed by atoms with E-state index in [0.29, 0.717) is 24.5 Å². The molecular formula is C17H24N4O6S2. The van der Waals surface area contributed by atoms with Crippen molar-refractivity contribution >= 4 is 25.5 Å². The van der Waals surface area contributed by atoms with E-state index in [1.807, 2.05) is 11.9 Å². The van der Waals surface area contributed by atoms with Crippen LogP contribution in [-0.2, 0) is 26.4 Å². The van der Waals surface area contributed by atoms with Crippen LogP contribution in [-0.4, -0.2) is 70.5 Å². The van der Waals surface area contributed by atoms with Gasteiger partial charge in [-0.25, -0.2) is 21.6 Å². The third-order valence-electron chi connectivity index (χ3n) is 4.60. The quantitative estimate of drug-likeness (QED) is 0.536. The van der Waals surface area contributed by atoms with E-state index in [0.717, 1.165) is 12.3 Å². The normalized spacial score (nSPS) is 20.8. The molecule has 0 bridgehead atoms. The van der Waals surface area contributed by atoms with Crippen molar-refractivity contribution in [2.75, 3.05) is 31.7 Å². The molecule has 3 N–H and O–H groups in total. The second-order valence-electron chi connectivity index (χ2n) is 7.23. The van der Waals surface area contributed by atoms with Gasteiger partial charge in [-0.05, 0) is 32.2 Å². The second kappa shape index (κ2) is 8.03. The van der Waals surface area contributed by atoms with Gasteiger partial charge in [-0.2, -0.15) is 0 Å². The molecule has 29 heavy (non-hydrogen) atoms. The zero-order valence-corrected chi connectivity index (χ0v) is 17.9. The van der Waals surface area contributed by atoms with Crippen molar-refractivity contribution in [3.05, 3.63) is 35.7 Å². The Morgan fingerprint density at radius 3 is 2.52 bits per heavy atom. The second-order valence-corrected chi connectivity index (χ2v) is 11.0. The maximum absolute atomic E-state index is 13.0. The molecule has 0 spiro atoms. The number of rotatable bonds is 7. The SMILES string of the molecule is Cc1cc(CNS(=O)(=O)c2cc(S(C)(=O)=O)ccc2N[C@@H]2CN(C)C[C@H]2O)on1. The van der Waals surface area contributed by atoms with Gasteiger partial charge in [-0.15, -0.1) is 0 Å². The summed E-state index contributed by atoms with van der Waals surface area (Å²) < 4.78 is 57.2. The molecule has 1 fully saturated rings. The Morgan fingerprint density at radius 1 is 1.24 bits per heavy atom. The summed E-state index contributed by atoms with van der Waals surface area (Å²) in [4.78, 5) is 1.56. The molecule has 10 nitrogen and oxygen atoms in total. The predicted octanol–water partition coefficient (Wildman–Crippen LogP) is -0.0482. The van der Waals surface area contributed by atoms with Gasteiger partial charge in [-0.3, -0.25) is 0 Å². The Hall–Kier alpha value is -1.99.